The number of aryl methyl sites for hydroxylation is 1. The zero-order valence-corrected chi connectivity index (χ0v) is 12.9. The van der Waals surface area contributed by atoms with Crippen LogP contribution in [0.2, 0.25) is 0 Å². The Bertz CT molecular complexity index is 660. The van der Waals surface area contributed by atoms with E-state index in [2.05, 4.69) is 79.7 Å². The van der Waals surface area contributed by atoms with E-state index in [1.54, 1.807) is 0 Å². The predicted molar refractivity (Wildman–Crippen MR) is 92.9 cm³/mol. The van der Waals surface area contributed by atoms with Crippen LogP contribution < -0.4 is 0 Å². The minimum Gasteiger partial charge on any atom is -0.158 e. The van der Waals surface area contributed by atoms with Gasteiger partial charge in [-0.05, 0) is 23.6 Å². The third-order valence-electron chi connectivity index (χ3n) is 3.85. The van der Waals surface area contributed by atoms with E-state index in [0.717, 1.165) is 0 Å². The topological polar surface area (TPSA) is 0 Å². The quantitative estimate of drug-likeness (QED) is 0.496. The zero-order chi connectivity index (χ0) is 14.7. The second-order valence-electron chi connectivity index (χ2n) is 5.31. The van der Waals surface area contributed by atoms with Gasteiger partial charge in [0.15, 0.2) is 0 Å². The second kappa shape index (κ2) is 5.79. The third kappa shape index (κ3) is 2.62. The van der Waals surface area contributed by atoms with Crippen LogP contribution in [0.1, 0.15) is 22.3 Å². The normalized spacial score (nSPS) is 11.3. The van der Waals surface area contributed by atoms with Crippen LogP contribution in [0.25, 0.3) is 0 Å². The second-order valence-corrected chi connectivity index (χ2v) is 5.98. The van der Waals surface area contributed by atoms with Crippen LogP contribution in [-0.2, 0) is 4.75 Å². The minimum atomic E-state index is -0.434. The predicted octanol–water partition coefficient (Wildman–Crippen LogP) is 5.22. The number of thiol groups is 1. The van der Waals surface area contributed by atoms with Gasteiger partial charge < -0.3 is 0 Å². The Morgan fingerprint density at radius 3 is 1.38 bits per heavy atom. The highest BCUT2D eigenvalue weighted by molar-refractivity contribution is 7.81. The summed E-state index contributed by atoms with van der Waals surface area (Å²) in [6, 6.07) is 29.5. The average Bonchev–Trinajstić information content (AvgIpc) is 2.56. The van der Waals surface area contributed by atoms with Gasteiger partial charge in [0.05, 0.1) is 4.75 Å². The molecule has 21 heavy (non-hydrogen) atoms. The molecule has 0 N–H and O–H groups in total. The fourth-order valence-electron chi connectivity index (χ4n) is 2.65. The highest BCUT2D eigenvalue weighted by Gasteiger charge is 2.31. The van der Waals surface area contributed by atoms with E-state index in [0.29, 0.717) is 0 Å². The van der Waals surface area contributed by atoms with E-state index in [1.165, 1.54) is 22.3 Å². The van der Waals surface area contributed by atoms with Crippen molar-refractivity contribution in [2.24, 2.45) is 0 Å². The lowest BCUT2D eigenvalue weighted by molar-refractivity contribution is 0.904. The van der Waals surface area contributed by atoms with Crippen LogP contribution in [0.15, 0.2) is 84.9 Å². The SMILES string of the molecule is Cc1ccc(C(S)(c2ccccc2)c2ccccc2)cc1. The van der Waals surface area contributed by atoms with E-state index in [1.807, 2.05) is 12.1 Å². The van der Waals surface area contributed by atoms with Crippen LogP contribution in [-0.4, -0.2) is 0 Å². The standard InChI is InChI=1S/C20H18S/c1-16-12-14-19(15-13-16)20(21,17-8-4-2-5-9-17)18-10-6-3-7-11-18/h2-15,21H,1H3. The van der Waals surface area contributed by atoms with Gasteiger partial charge in [-0.1, -0.05) is 90.5 Å². The molecule has 0 heterocycles. The van der Waals surface area contributed by atoms with Crippen molar-refractivity contribution in [2.75, 3.05) is 0 Å². The van der Waals surface area contributed by atoms with Gasteiger partial charge in [-0.2, -0.15) is 12.6 Å². The maximum absolute atomic E-state index is 5.12. The number of hydrogen-bond acceptors (Lipinski definition) is 1. The molecule has 3 aromatic rings. The molecule has 0 aliphatic heterocycles. The highest BCUT2D eigenvalue weighted by Crippen LogP contribution is 2.42. The molecule has 0 bridgehead atoms. The molecule has 0 nitrogen and oxygen atoms in total. The third-order valence-corrected chi connectivity index (χ3v) is 4.63. The van der Waals surface area contributed by atoms with Gasteiger partial charge in [-0.15, -0.1) is 0 Å². The molecule has 0 aliphatic rings. The summed E-state index contributed by atoms with van der Waals surface area (Å²) in [7, 11) is 0. The zero-order valence-electron chi connectivity index (χ0n) is 12.0. The lowest BCUT2D eigenvalue weighted by Gasteiger charge is -2.30. The van der Waals surface area contributed by atoms with Gasteiger partial charge in [0.25, 0.3) is 0 Å². The number of hydrogen-bond donors (Lipinski definition) is 1. The Balaban J connectivity index is 2.23. The fourth-order valence-corrected chi connectivity index (χ4v) is 3.10. The molecule has 1 heteroatoms. The lowest BCUT2D eigenvalue weighted by Crippen LogP contribution is -2.22. The van der Waals surface area contributed by atoms with Gasteiger partial charge in [0, 0.05) is 0 Å². The lowest BCUT2D eigenvalue weighted by atomic mass is 9.84. The van der Waals surface area contributed by atoms with Gasteiger partial charge in [-0.3, -0.25) is 0 Å². The monoisotopic (exact) mass is 290 g/mol. The van der Waals surface area contributed by atoms with E-state index in [-0.39, 0.29) is 0 Å². The van der Waals surface area contributed by atoms with Crippen LogP contribution in [0.4, 0.5) is 0 Å². The Morgan fingerprint density at radius 1 is 0.571 bits per heavy atom. The van der Waals surface area contributed by atoms with Gasteiger partial charge in [-0.25, -0.2) is 0 Å². The van der Waals surface area contributed by atoms with E-state index >= 15 is 0 Å². The van der Waals surface area contributed by atoms with E-state index in [4.69, 9.17) is 12.6 Å². The van der Waals surface area contributed by atoms with Crippen molar-refractivity contribution in [3.05, 3.63) is 107 Å². The Labute approximate surface area is 131 Å². The smallest absolute Gasteiger partial charge is 0.0878 e. The summed E-state index contributed by atoms with van der Waals surface area (Å²) in [6.45, 7) is 2.11. The summed E-state index contributed by atoms with van der Waals surface area (Å²) >= 11 is 5.12. The first-order valence-electron chi connectivity index (χ1n) is 7.12. The largest absolute Gasteiger partial charge is 0.158 e. The minimum absolute atomic E-state index is 0.434. The Hall–Kier alpha value is -1.99. The van der Waals surface area contributed by atoms with E-state index in [9.17, 15) is 0 Å². The molecule has 0 aromatic heterocycles. The molecule has 0 saturated carbocycles. The molecule has 3 aromatic carbocycles. The van der Waals surface area contributed by atoms with Crippen molar-refractivity contribution in [1.82, 2.24) is 0 Å². The summed E-state index contributed by atoms with van der Waals surface area (Å²) in [4.78, 5) is 0. The molecule has 0 spiro atoms. The average molecular weight is 290 g/mol. The Morgan fingerprint density at radius 2 is 0.952 bits per heavy atom. The van der Waals surface area contributed by atoms with E-state index < -0.39 is 4.75 Å². The number of benzene rings is 3. The van der Waals surface area contributed by atoms with Gasteiger partial charge in [0.2, 0.25) is 0 Å². The summed E-state index contributed by atoms with van der Waals surface area (Å²) in [6.07, 6.45) is 0. The Kier molecular flexibility index (Phi) is 3.85. The summed E-state index contributed by atoms with van der Waals surface area (Å²) in [5.74, 6) is 0. The molecule has 0 amide bonds. The fraction of sp³-hybridized carbons (Fsp3) is 0.100. The molecule has 0 saturated heterocycles. The van der Waals surface area contributed by atoms with Crippen LogP contribution in [0.5, 0.6) is 0 Å². The van der Waals surface area contributed by atoms with Crippen molar-refractivity contribution in [3.63, 3.8) is 0 Å². The van der Waals surface area contributed by atoms with Gasteiger partial charge >= 0.3 is 0 Å². The van der Waals surface area contributed by atoms with Crippen molar-refractivity contribution in [1.29, 1.82) is 0 Å². The number of rotatable bonds is 3. The molecular formula is C20H18S. The molecule has 0 fully saturated rings. The first-order chi connectivity index (χ1) is 10.2. The first kappa shape index (κ1) is 14.0. The van der Waals surface area contributed by atoms with Crippen molar-refractivity contribution >= 4 is 12.6 Å². The highest BCUT2D eigenvalue weighted by atomic mass is 32.1. The van der Waals surface area contributed by atoms with Crippen LogP contribution in [0.3, 0.4) is 0 Å². The molecule has 0 atom stereocenters. The summed E-state index contributed by atoms with van der Waals surface area (Å²) in [5, 5.41) is 0. The molecule has 0 aliphatic carbocycles. The van der Waals surface area contributed by atoms with Gasteiger partial charge in [0.1, 0.15) is 0 Å². The molecule has 3 rings (SSSR count). The van der Waals surface area contributed by atoms with Crippen molar-refractivity contribution in [2.45, 2.75) is 11.7 Å². The molecule has 0 radical (unpaired) electrons. The maximum Gasteiger partial charge on any atom is 0.0878 e. The van der Waals surface area contributed by atoms with Crippen molar-refractivity contribution < 1.29 is 0 Å². The molecular weight excluding hydrogens is 272 g/mol. The van der Waals surface area contributed by atoms with Crippen LogP contribution >= 0.6 is 12.6 Å². The molecule has 104 valence electrons. The van der Waals surface area contributed by atoms with Crippen LogP contribution in [0, 0.1) is 6.92 Å². The van der Waals surface area contributed by atoms with Crippen molar-refractivity contribution in [3.8, 4) is 0 Å². The summed E-state index contributed by atoms with van der Waals surface area (Å²) < 4.78 is -0.434. The first-order valence-corrected chi connectivity index (χ1v) is 7.56. The molecule has 0 unspecified atom stereocenters. The summed E-state index contributed by atoms with van der Waals surface area (Å²) in [5.41, 5.74) is 4.82. The maximum atomic E-state index is 5.12.